The molecule has 2 N–H and O–H groups in total. The first-order chi connectivity index (χ1) is 6.92. The molecule has 1 aromatic rings. The zero-order chi connectivity index (χ0) is 11.5. The monoisotopic (exact) mass is 213 g/mol. The van der Waals surface area contributed by atoms with Gasteiger partial charge in [-0.15, -0.1) is 0 Å². The van der Waals surface area contributed by atoms with Crippen LogP contribution in [0.25, 0.3) is 0 Å². The third kappa shape index (κ3) is 3.60. The summed E-state index contributed by atoms with van der Waals surface area (Å²) < 4.78 is 4.93. The average molecular weight is 213 g/mol. The molecular weight excluding hydrogens is 194 g/mol. The number of aromatic nitrogens is 2. The molecule has 0 saturated carbocycles. The summed E-state index contributed by atoms with van der Waals surface area (Å²) in [7, 11) is 0. The number of aryl methyl sites for hydroxylation is 1. The van der Waals surface area contributed by atoms with Crippen molar-refractivity contribution in [3.63, 3.8) is 0 Å². The molecule has 5 nitrogen and oxygen atoms in total. The predicted molar refractivity (Wildman–Crippen MR) is 56.2 cm³/mol. The molecule has 5 heteroatoms. The van der Waals surface area contributed by atoms with Crippen molar-refractivity contribution in [2.24, 2.45) is 5.92 Å². The fraction of sp³-hybridized carbons (Fsp3) is 0.800. The first-order valence-electron chi connectivity index (χ1n) is 5.14. The van der Waals surface area contributed by atoms with Gasteiger partial charge in [-0.25, -0.2) is 0 Å². The lowest BCUT2D eigenvalue weighted by molar-refractivity contribution is 0.0135. The lowest BCUT2D eigenvalue weighted by atomic mass is 9.93. The van der Waals surface area contributed by atoms with Crippen LogP contribution >= 0.6 is 0 Å². The predicted octanol–water partition coefficient (Wildman–Crippen LogP) is 0.875. The van der Waals surface area contributed by atoms with E-state index >= 15 is 0 Å². The second-order valence-electron chi connectivity index (χ2n) is 4.35. The van der Waals surface area contributed by atoms with Crippen molar-refractivity contribution >= 4 is 0 Å². The van der Waals surface area contributed by atoms with E-state index in [0.717, 1.165) is 0 Å². The van der Waals surface area contributed by atoms with Gasteiger partial charge in [0.2, 0.25) is 5.89 Å². The van der Waals surface area contributed by atoms with Gasteiger partial charge in [0.05, 0.1) is 12.1 Å². The van der Waals surface area contributed by atoms with Crippen LogP contribution in [0.15, 0.2) is 4.52 Å². The molecule has 0 aromatic carbocycles. The van der Waals surface area contributed by atoms with Crippen molar-refractivity contribution in [2.75, 3.05) is 6.54 Å². The summed E-state index contributed by atoms with van der Waals surface area (Å²) in [5.74, 6) is 1.38. The fourth-order valence-electron chi connectivity index (χ4n) is 1.04. The number of rotatable bonds is 5. The standard InChI is InChI=1S/C10H19N3O2/c1-7(2)10(4,14)6-11-5-9-12-8(3)13-15-9/h7,11,14H,5-6H2,1-4H3. The van der Waals surface area contributed by atoms with Crippen molar-refractivity contribution < 1.29 is 9.63 Å². The van der Waals surface area contributed by atoms with Crippen molar-refractivity contribution in [2.45, 2.75) is 39.8 Å². The summed E-state index contributed by atoms with van der Waals surface area (Å²) in [6.45, 7) is 8.55. The number of nitrogens with one attached hydrogen (secondary N) is 1. The van der Waals surface area contributed by atoms with Crippen LogP contribution in [0.5, 0.6) is 0 Å². The van der Waals surface area contributed by atoms with Crippen molar-refractivity contribution in [3.05, 3.63) is 11.7 Å². The molecule has 1 rings (SSSR count). The summed E-state index contributed by atoms with van der Waals surface area (Å²) in [6, 6.07) is 0. The van der Waals surface area contributed by atoms with E-state index in [-0.39, 0.29) is 5.92 Å². The number of hydrogen-bond acceptors (Lipinski definition) is 5. The Kier molecular flexibility index (Phi) is 3.82. The summed E-state index contributed by atoms with van der Waals surface area (Å²) in [6.07, 6.45) is 0. The summed E-state index contributed by atoms with van der Waals surface area (Å²) >= 11 is 0. The van der Waals surface area contributed by atoms with Crippen LogP contribution in [0.2, 0.25) is 0 Å². The second kappa shape index (κ2) is 4.72. The van der Waals surface area contributed by atoms with Crippen LogP contribution in [-0.4, -0.2) is 27.4 Å². The third-order valence-electron chi connectivity index (χ3n) is 2.57. The summed E-state index contributed by atoms with van der Waals surface area (Å²) in [4.78, 5) is 4.05. The maximum atomic E-state index is 9.95. The van der Waals surface area contributed by atoms with E-state index in [0.29, 0.717) is 24.8 Å². The number of hydrogen-bond donors (Lipinski definition) is 2. The Bertz CT molecular complexity index is 307. The van der Waals surface area contributed by atoms with Crippen LogP contribution in [0.1, 0.15) is 32.5 Å². The minimum absolute atomic E-state index is 0.203. The minimum atomic E-state index is -0.713. The Morgan fingerprint density at radius 1 is 1.53 bits per heavy atom. The molecule has 0 amide bonds. The molecule has 86 valence electrons. The molecule has 0 aliphatic heterocycles. The molecule has 15 heavy (non-hydrogen) atoms. The van der Waals surface area contributed by atoms with E-state index in [2.05, 4.69) is 15.5 Å². The Morgan fingerprint density at radius 3 is 2.67 bits per heavy atom. The quantitative estimate of drug-likeness (QED) is 0.759. The van der Waals surface area contributed by atoms with Crippen LogP contribution in [0.4, 0.5) is 0 Å². The molecule has 0 radical (unpaired) electrons. The van der Waals surface area contributed by atoms with E-state index in [4.69, 9.17) is 4.52 Å². The van der Waals surface area contributed by atoms with Gasteiger partial charge in [0.1, 0.15) is 0 Å². The van der Waals surface area contributed by atoms with Crippen LogP contribution in [-0.2, 0) is 6.54 Å². The molecule has 1 atom stereocenters. The third-order valence-corrected chi connectivity index (χ3v) is 2.57. The van der Waals surface area contributed by atoms with Gasteiger partial charge in [0.15, 0.2) is 5.82 Å². The van der Waals surface area contributed by atoms with Crippen LogP contribution in [0.3, 0.4) is 0 Å². The molecule has 0 bridgehead atoms. The molecule has 0 spiro atoms. The average Bonchev–Trinajstić information content (AvgIpc) is 2.51. The van der Waals surface area contributed by atoms with E-state index < -0.39 is 5.60 Å². The maximum absolute atomic E-state index is 9.95. The second-order valence-corrected chi connectivity index (χ2v) is 4.35. The molecular formula is C10H19N3O2. The topological polar surface area (TPSA) is 71.2 Å². The number of aliphatic hydroxyl groups is 1. The van der Waals surface area contributed by atoms with Crippen molar-refractivity contribution in [1.82, 2.24) is 15.5 Å². The molecule has 0 fully saturated rings. The fourth-order valence-corrected chi connectivity index (χ4v) is 1.04. The van der Waals surface area contributed by atoms with Gasteiger partial charge in [-0.1, -0.05) is 19.0 Å². The van der Waals surface area contributed by atoms with Crippen molar-refractivity contribution in [1.29, 1.82) is 0 Å². The lowest BCUT2D eigenvalue weighted by Crippen LogP contribution is -2.42. The first kappa shape index (κ1) is 12.1. The van der Waals surface area contributed by atoms with E-state index in [1.54, 1.807) is 6.92 Å². The van der Waals surface area contributed by atoms with Crippen LogP contribution in [0, 0.1) is 12.8 Å². The van der Waals surface area contributed by atoms with Gasteiger partial charge in [0, 0.05) is 6.54 Å². The molecule has 0 saturated heterocycles. The normalized spacial score (nSPS) is 15.6. The Balaban J connectivity index is 2.33. The molecule has 1 heterocycles. The smallest absolute Gasteiger partial charge is 0.240 e. The van der Waals surface area contributed by atoms with Gasteiger partial charge in [-0.2, -0.15) is 4.98 Å². The van der Waals surface area contributed by atoms with E-state index in [1.165, 1.54) is 0 Å². The Labute approximate surface area is 89.9 Å². The van der Waals surface area contributed by atoms with Crippen LogP contribution < -0.4 is 5.32 Å². The Hall–Kier alpha value is -0.940. The van der Waals surface area contributed by atoms with Gasteiger partial charge >= 0.3 is 0 Å². The maximum Gasteiger partial charge on any atom is 0.240 e. The van der Waals surface area contributed by atoms with Gasteiger partial charge in [0.25, 0.3) is 0 Å². The zero-order valence-corrected chi connectivity index (χ0v) is 9.74. The zero-order valence-electron chi connectivity index (χ0n) is 9.74. The van der Waals surface area contributed by atoms with E-state index in [9.17, 15) is 5.11 Å². The highest BCUT2D eigenvalue weighted by Gasteiger charge is 2.24. The van der Waals surface area contributed by atoms with Gasteiger partial charge in [-0.3, -0.25) is 0 Å². The van der Waals surface area contributed by atoms with Gasteiger partial charge in [-0.05, 0) is 19.8 Å². The molecule has 0 aliphatic rings. The lowest BCUT2D eigenvalue weighted by Gasteiger charge is -2.27. The summed E-state index contributed by atoms with van der Waals surface area (Å²) in [5.41, 5.74) is -0.713. The highest BCUT2D eigenvalue weighted by Crippen LogP contribution is 2.14. The molecule has 1 aromatic heterocycles. The largest absolute Gasteiger partial charge is 0.389 e. The first-order valence-corrected chi connectivity index (χ1v) is 5.14. The highest BCUT2D eigenvalue weighted by atomic mass is 16.5. The van der Waals surface area contributed by atoms with Gasteiger partial charge < -0.3 is 14.9 Å². The number of nitrogens with zero attached hydrogens (tertiary/aromatic N) is 2. The van der Waals surface area contributed by atoms with Crippen molar-refractivity contribution in [3.8, 4) is 0 Å². The summed E-state index contributed by atoms with van der Waals surface area (Å²) in [5, 5.41) is 16.7. The molecule has 0 aliphatic carbocycles. The van der Waals surface area contributed by atoms with E-state index in [1.807, 2.05) is 20.8 Å². The molecule has 1 unspecified atom stereocenters. The highest BCUT2D eigenvalue weighted by molar-refractivity contribution is 4.84. The Morgan fingerprint density at radius 2 is 2.20 bits per heavy atom. The SMILES string of the molecule is Cc1noc(CNCC(C)(O)C(C)C)n1. The minimum Gasteiger partial charge on any atom is -0.389 e.